The average Bonchev–Trinajstić information content (AvgIpc) is 2.16. The zero-order chi connectivity index (χ0) is 14.6. The third kappa shape index (κ3) is 17.0. The standard InChI is InChI=1S/C7H14O3.C6H10O2/c1-3-4-7(2,10)5-6(8)9;1-2-3-4-5-6(7)8/h10H,3-5H2,1-2H3,(H,8,9);4-5H,2-3H2,1H3,(H,7,8)/b;5-4+. The summed E-state index contributed by atoms with van der Waals surface area (Å²) in [5.74, 6) is -1.81. The predicted molar refractivity (Wildman–Crippen MR) is 69.5 cm³/mol. The van der Waals surface area contributed by atoms with Crippen LogP contribution in [0.15, 0.2) is 12.2 Å². The van der Waals surface area contributed by atoms with Gasteiger partial charge in [-0.1, -0.05) is 32.8 Å². The van der Waals surface area contributed by atoms with Crippen molar-refractivity contribution in [3.63, 3.8) is 0 Å². The van der Waals surface area contributed by atoms with Gasteiger partial charge in [0, 0.05) is 6.08 Å². The van der Waals surface area contributed by atoms with Gasteiger partial charge in [-0.2, -0.15) is 0 Å². The number of rotatable bonds is 7. The summed E-state index contributed by atoms with van der Waals surface area (Å²) in [4.78, 5) is 19.9. The fourth-order valence-electron chi connectivity index (χ4n) is 1.30. The summed E-state index contributed by atoms with van der Waals surface area (Å²) < 4.78 is 0. The van der Waals surface area contributed by atoms with Gasteiger partial charge in [-0.15, -0.1) is 0 Å². The van der Waals surface area contributed by atoms with Crippen LogP contribution in [-0.2, 0) is 9.59 Å². The lowest BCUT2D eigenvalue weighted by Gasteiger charge is -2.19. The van der Waals surface area contributed by atoms with Gasteiger partial charge in [0.1, 0.15) is 0 Å². The van der Waals surface area contributed by atoms with Gasteiger partial charge in [0.2, 0.25) is 0 Å². The van der Waals surface area contributed by atoms with Crippen molar-refractivity contribution >= 4 is 11.9 Å². The van der Waals surface area contributed by atoms with E-state index in [1.807, 2.05) is 13.8 Å². The number of carbonyl (C=O) groups is 2. The molecule has 18 heavy (non-hydrogen) atoms. The summed E-state index contributed by atoms with van der Waals surface area (Å²) >= 11 is 0. The van der Waals surface area contributed by atoms with E-state index in [9.17, 15) is 14.7 Å². The highest BCUT2D eigenvalue weighted by atomic mass is 16.4. The number of hydrogen-bond acceptors (Lipinski definition) is 3. The van der Waals surface area contributed by atoms with Gasteiger partial charge in [0.15, 0.2) is 0 Å². The average molecular weight is 260 g/mol. The lowest BCUT2D eigenvalue weighted by atomic mass is 9.97. The summed E-state index contributed by atoms with van der Waals surface area (Å²) in [5, 5.41) is 25.7. The van der Waals surface area contributed by atoms with Crippen molar-refractivity contribution in [3.05, 3.63) is 12.2 Å². The molecule has 5 heteroatoms. The third-order valence-electron chi connectivity index (χ3n) is 2.04. The number of aliphatic hydroxyl groups is 1. The molecular weight excluding hydrogens is 236 g/mol. The molecule has 0 saturated heterocycles. The molecule has 0 radical (unpaired) electrons. The highest BCUT2D eigenvalue weighted by Crippen LogP contribution is 2.15. The van der Waals surface area contributed by atoms with Gasteiger partial charge in [-0.3, -0.25) is 4.79 Å². The Labute approximate surface area is 108 Å². The van der Waals surface area contributed by atoms with Crippen LogP contribution in [0, 0.1) is 0 Å². The first-order chi connectivity index (χ1) is 8.25. The van der Waals surface area contributed by atoms with Crippen molar-refractivity contribution in [1.29, 1.82) is 0 Å². The monoisotopic (exact) mass is 260 g/mol. The molecule has 0 heterocycles. The van der Waals surface area contributed by atoms with Gasteiger partial charge in [-0.05, 0) is 19.8 Å². The lowest BCUT2D eigenvalue weighted by Crippen LogP contribution is -2.27. The van der Waals surface area contributed by atoms with E-state index in [1.165, 1.54) is 6.08 Å². The Morgan fingerprint density at radius 2 is 1.72 bits per heavy atom. The zero-order valence-electron chi connectivity index (χ0n) is 11.3. The first-order valence-electron chi connectivity index (χ1n) is 6.08. The Bertz CT molecular complexity index is 269. The normalized spacial score (nSPS) is 13.6. The number of carboxylic acids is 2. The molecule has 0 aromatic carbocycles. The summed E-state index contributed by atoms with van der Waals surface area (Å²) in [6.45, 7) is 5.47. The Morgan fingerprint density at radius 1 is 1.17 bits per heavy atom. The largest absolute Gasteiger partial charge is 0.481 e. The molecule has 0 rings (SSSR count). The van der Waals surface area contributed by atoms with Gasteiger partial charge in [0.25, 0.3) is 0 Å². The molecule has 0 bridgehead atoms. The van der Waals surface area contributed by atoms with Crippen LogP contribution in [0.3, 0.4) is 0 Å². The van der Waals surface area contributed by atoms with E-state index in [0.717, 1.165) is 19.3 Å². The van der Waals surface area contributed by atoms with E-state index < -0.39 is 17.5 Å². The highest BCUT2D eigenvalue weighted by molar-refractivity contribution is 5.79. The molecule has 0 aliphatic heterocycles. The second kappa shape index (κ2) is 10.8. The van der Waals surface area contributed by atoms with Crippen molar-refractivity contribution in [2.24, 2.45) is 0 Å². The summed E-state index contributed by atoms with van der Waals surface area (Å²) in [6.07, 6.45) is 5.86. The van der Waals surface area contributed by atoms with Crippen molar-refractivity contribution in [2.45, 2.75) is 58.5 Å². The minimum Gasteiger partial charge on any atom is -0.481 e. The van der Waals surface area contributed by atoms with Crippen molar-refractivity contribution in [3.8, 4) is 0 Å². The summed E-state index contributed by atoms with van der Waals surface area (Å²) in [7, 11) is 0. The van der Waals surface area contributed by atoms with Crippen LogP contribution in [-0.4, -0.2) is 32.9 Å². The van der Waals surface area contributed by atoms with Crippen LogP contribution in [0.5, 0.6) is 0 Å². The van der Waals surface area contributed by atoms with Gasteiger partial charge >= 0.3 is 11.9 Å². The topological polar surface area (TPSA) is 94.8 Å². The van der Waals surface area contributed by atoms with E-state index in [2.05, 4.69) is 0 Å². The zero-order valence-corrected chi connectivity index (χ0v) is 11.3. The molecule has 106 valence electrons. The van der Waals surface area contributed by atoms with Crippen LogP contribution < -0.4 is 0 Å². The van der Waals surface area contributed by atoms with Gasteiger partial charge in [-0.25, -0.2) is 4.79 Å². The molecule has 0 fully saturated rings. The highest BCUT2D eigenvalue weighted by Gasteiger charge is 2.22. The maximum atomic E-state index is 10.1. The Balaban J connectivity index is 0. The molecule has 0 spiro atoms. The van der Waals surface area contributed by atoms with E-state index in [1.54, 1.807) is 13.0 Å². The maximum Gasteiger partial charge on any atom is 0.327 e. The third-order valence-corrected chi connectivity index (χ3v) is 2.04. The van der Waals surface area contributed by atoms with E-state index >= 15 is 0 Å². The molecule has 0 aliphatic rings. The van der Waals surface area contributed by atoms with E-state index in [4.69, 9.17) is 10.2 Å². The number of carboxylic acid groups (broad SMARTS) is 2. The molecule has 5 nitrogen and oxygen atoms in total. The molecule has 0 aromatic heterocycles. The first-order valence-corrected chi connectivity index (χ1v) is 6.08. The molecule has 0 aromatic rings. The fraction of sp³-hybridized carbons (Fsp3) is 0.692. The number of hydrogen-bond donors (Lipinski definition) is 3. The first kappa shape index (κ1) is 19.0. The maximum absolute atomic E-state index is 10.1. The molecule has 1 unspecified atom stereocenters. The van der Waals surface area contributed by atoms with Crippen LogP contribution in [0.1, 0.15) is 52.9 Å². The van der Waals surface area contributed by atoms with E-state index in [-0.39, 0.29) is 6.42 Å². The van der Waals surface area contributed by atoms with Crippen LogP contribution in [0.2, 0.25) is 0 Å². The molecular formula is C13H24O5. The minimum atomic E-state index is -1.03. The van der Waals surface area contributed by atoms with Gasteiger partial charge < -0.3 is 15.3 Å². The SMILES string of the molecule is CCC/C=C/C(=O)O.CCCC(C)(O)CC(=O)O. The molecule has 3 N–H and O–H groups in total. The molecule has 0 amide bonds. The number of allylic oxidation sites excluding steroid dienone is 1. The Kier molecular flexibility index (Phi) is 11.4. The number of aliphatic carboxylic acids is 2. The lowest BCUT2D eigenvalue weighted by molar-refractivity contribution is -0.142. The summed E-state index contributed by atoms with van der Waals surface area (Å²) in [5.41, 5.74) is -1.03. The molecule has 0 saturated carbocycles. The minimum absolute atomic E-state index is 0.166. The van der Waals surface area contributed by atoms with Crippen molar-refractivity contribution in [1.82, 2.24) is 0 Å². The Morgan fingerprint density at radius 3 is 2.06 bits per heavy atom. The van der Waals surface area contributed by atoms with E-state index in [0.29, 0.717) is 6.42 Å². The predicted octanol–water partition coefficient (Wildman–Crippen LogP) is 2.44. The smallest absolute Gasteiger partial charge is 0.327 e. The van der Waals surface area contributed by atoms with Gasteiger partial charge in [0.05, 0.1) is 12.0 Å². The summed E-state index contributed by atoms with van der Waals surface area (Å²) in [6, 6.07) is 0. The van der Waals surface area contributed by atoms with Crippen LogP contribution in [0.25, 0.3) is 0 Å². The van der Waals surface area contributed by atoms with Crippen molar-refractivity contribution < 1.29 is 24.9 Å². The second-order valence-corrected chi connectivity index (χ2v) is 4.35. The second-order valence-electron chi connectivity index (χ2n) is 4.35. The molecule has 0 aliphatic carbocycles. The Hall–Kier alpha value is -1.36. The van der Waals surface area contributed by atoms with Crippen LogP contribution in [0.4, 0.5) is 0 Å². The van der Waals surface area contributed by atoms with Crippen molar-refractivity contribution in [2.75, 3.05) is 0 Å². The fourth-order valence-corrected chi connectivity index (χ4v) is 1.30. The molecule has 1 atom stereocenters. The quantitative estimate of drug-likeness (QED) is 0.611. The van der Waals surface area contributed by atoms with Crippen LogP contribution >= 0.6 is 0 Å². The number of unbranched alkanes of at least 4 members (excludes halogenated alkanes) is 1.